The first-order valence-electron chi connectivity index (χ1n) is 11.8. The molecule has 1 aliphatic heterocycles. The zero-order valence-corrected chi connectivity index (χ0v) is 21.5. The highest BCUT2D eigenvalue weighted by Crippen LogP contribution is 2.47. The maximum absolute atomic E-state index is 13.7. The van der Waals surface area contributed by atoms with Gasteiger partial charge in [-0.3, -0.25) is 9.59 Å². The molecule has 5 rings (SSSR count). The molecule has 0 saturated carbocycles. The summed E-state index contributed by atoms with van der Waals surface area (Å²) in [7, 11) is 0. The molecule has 0 spiro atoms. The molecule has 0 saturated heterocycles. The standard InChI is InChI=1S/C29H25Cl2N3O2/c1-16-7-6-10-25(32-16)34-29(36)26-17(2)33-23-13-19(18-8-4-3-5-9-18)14-24(35)28(23)27(26)21-12-11-20(30)15-22(21)31/h3-12,15,19,27,33H,13-14H2,1-2H3,(H,32,34,36)/t19-,27+/m1/s1. The highest BCUT2D eigenvalue weighted by atomic mass is 35.5. The summed E-state index contributed by atoms with van der Waals surface area (Å²) in [6, 6.07) is 20.7. The SMILES string of the molecule is CC1=C(C(=O)Nc2cccc(C)n2)[C@H](c2ccc(Cl)cc2Cl)C2=C(C[C@@H](c3ccccc3)CC2=O)N1. The molecule has 2 N–H and O–H groups in total. The van der Waals surface area contributed by atoms with Crippen molar-refractivity contribution in [3.63, 3.8) is 0 Å². The Balaban J connectivity index is 1.59. The average molecular weight is 518 g/mol. The predicted molar refractivity (Wildman–Crippen MR) is 143 cm³/mol. The van der Waals surface area contributed by atoms with Crippen molar-refractivity contribution in [2.24, 2.45) is 0 Å². The van der Waals surface area contributed by atoms with E-state index in [0.717, 1.165) is 17.0 Å². The number of pyridine rings is 1. The van der Waals surface area contributed by atoms with Crippen LogP contribution in [0.15, 0.2) is 89.3 Å². The molecule has 2 aromatic carbocycles. The van der Waals surface area contributed by atoms with Gasteiger partial charge in [0.15, 0.2) is 5.78 Å². The first-order valence-corrected chi connectivity index (χ1v) is 12.6. The van der Waals surface area contributed by atoms with E-state index in [1.165, 1.54) is 0 Å². The second-order valence-corrected chi connectivity index (χ2v) is 10.1. The van der Waals surface area contributed by atoms with Gasteiger partial charge in [0.25, 0.3) is 5.91 Å². The van der Waals surface area contributed by atoms with Gasteiger partial charge in [-0.1, -0.05) is 65.7 Å². The summed E-state index contributed by atoms with van der Waals surface area (Å²) in [6.45, 7) is 3.72. The number of hydrogen-bond acceptors (Lipinski definition) is 4. The van der Waals surface area contributed by atoms with E-state index in [4.69, 9.17) is 23.2 Å². The summed E-state index contributed by atoms with van der Waals surface area (Å²) in [5.74, 6) is -0.454. The van der Waals surface area contributed by atoms with Gasteiger partial charge in [0.05, 0.1) is 0 Å². The molecule has 1 aromatic heterocycles. The molecular weight excluding hydrogens is 493 g/mol. The smallest absolute Gasteiger partial charge is 0.255 e. The van der Waals surface area contributed by atoms with Crippen LogP contribution in [-0.2, 0) is 9.59 Å². The number of hydrogen-bond donors (Lipinski definition) is 2. The monoisotopic (exact) mass is 517 g/mol. The van der Waals surface area contributed by atoms with Crippen molar-refractivity contribution in [1.29, 1.82) is 0 Å². The van der Waals surface area contributed by atoms with Crippen molar-refractivity contribution in [3.05, 3.63) is 116 Å². The molecule has 1 amide bonds. The van der Waals surface area contributed by atoms with Gasteiger partial charge in [-0.25, -0.2) is 4.98 Å². The zero-order valence-electron chi connectivity index (χ0n) is 19.9. The number of nitrogens with one attached hydrogen (secondary N) is 2. The Morgan fingerprint density at radius 2 is 1.78 bits per heavy atom. The van der Waals surface area contributed by atoms with Crippen molar-refractivity contribution >= 4 is 40.7 Å². The molecule has 36 heavy (non-hydrogen) atoms. The van der Waals surface area contributed by atoms with Crippen molar-refractivity contribution in [2.75, 3.05) is 5.32 Å². The molecule has 1 aliphatic carbocycles. The molecule has 7 heteroatoms. The molecule has 0 radical (unpaired) electrons. The van der Waals surface area contributed by atoms with Gasteiger partial charge in [-0.2, -0.15) is 0 Å². The number of halogens is 2. The summed E-state index contributed by atoms with van der Waals surface area (Å²) in [5.41, 5.74) is 5.11. The normalized spacial score (nSPS) is 19.6. The van der Waals surface area contributed by atoms with Gasteiger partial charge in [0.2, 0.25) is 0 Å². The Morgan fingerprint density at radius 3 is 2.50 bits per heavy atom. The van der Waals surface area contributed by atoms with Crippen LogP contribution in [0.25, 0.3) is 0 Å². The number of anilines is 1. The number of amides is 1. The molecule has 5 nitrogen and oxygen atoms in total. The van der Waals surface area contributed by atoms with Crippen LogP contribution in [0.5, 0.6) is 0 Å². The summed E-state index contributed by atoms with van der Waals surface area (Å²) < 4.78 is 0. The minimum atomic E-state index is -0.625. The van der Waals surface area contributed by atoms with E-state index >= 15 is 0 Å². The molecule has 2 heterocycles. The molecule has 3 aromatic rings. The molecule has 0 unspecified atom stereocenters. The number of nitrogens with zero attached hydrogens (tertiary/aromatic N) is 1. The Kier molecular flexibility index (Phi) is 6.69. The number of dihydropyridines is 1. The fourth-order valence-electron chi connectivity index (χ4n) is 5.14. The third-order valence-corrected chi connectivity index (χ3v) is 7.31. The van der Waals surface area contributed by atoms with Crippen LogP contribution in [-0.4, -0.2) is 16.7 Å². The average Bonchev–Trinajstić information content (AvgIpc) is 2.83. The number of aryl methyl sites for hydroxylation is 1. The Labute approximate surface area is 220 Å². The number of carbonyl (C=O) groups is 2. The first kappa shape index (κ1) is 24.3. The Hall–Kier alpha value is -3.41. The van der Waals surface area contributed by atoms with Gasteiger partial charge in [-0.15, -0.1) is 0 Å². The molecular formula is C29H25Cl2N3O2. The van der Waals surface area contributed by atoms with Gasteiger partial charge >= 0.3 is 0 Å². The lowest BCUT2D eigenvalue weighted by Crippen LogP contribution is -2.37. The second kappa shape index (κ2) is 9.92. The van der Waals surface area contributed by atoms with Crippen LogP contribution in [0.1, 0.15) is 48.4 Å². The van der Waals surface area contributed by atoms with Crippen LogP contribution in [0, 0.1) is 6.92 Å². The maximum Gasteiger partial charge on any atom is 0.255 e. The van der Waals surface area contributed by atoms with E-state index in [-0.39, 0.29) is 17.6 Å². The summed E-state index contributed by atoms with van der Waals surface area (Å²) >= 11 is 12.8. The fourth-order valence-corrected chi connectivity index (χ4v) is 5.66. The van der Waals surface area contributed by atoms with E-state index in [9.17, 15) is 9.59 Å². The summed E-state index contributed by atoms with van der Waals surface area (Å²) in [5, 5.41) is 7.20. The number of rotatable bonds is 4. The summed E-state index contributed by atoms with van der Waals surface area (Å²) in [6.07, 6.45) is 1.03. The molecule has 0 bridgehead atoms. The molecule has 0 fully saturated rings. The Bertz CT molecular complexity index is 1430. The van der Waals surface area contributed by atoms with Gasteiger partial charge < -0.3 is 10.6 Å². The minimum Gasteiger partial charge on any atom is -0.362 e. The van der Waals surface area contributed by atoms with Crippen LogP contribution < -0.4 is 10.6 Å². The minimum absolute atomic E-state index is 0.0000929. The lowest BCUT2D eigenvalue weighted by atomic mass is 9.71. The second-order valence-electron chi connectivity index (χ2n) is 9.21. The highest BCUT2D eigenvalue weighted by Gasteiger charge is 2.41. The lowest BCUT2D eigenvalue weighted by molar-refractivity contribution is -0.116. The van der Waals surface area contributed by atoms with Crippen LogP contribution in [0.4, 0.5) is 5.82 Å². The number of aromatic nitrogens is 1. The van der Waals surface area contributed by atoms with Crippen LogP contribution in [0.2, 0.25) is 10.0 Å². The zero-order chi connectivity index (χ0) is 25.4. The quantitative estimate of drug-likeness (QED) is 0.404. The van der Waals surface area contributed by atoms with Gasteiger partial charge in [0, 0.05) is 50.6 Å². The van der Waals surface area contributed by atoms with E-state index in [1.54, 1.807) is 24.3 Å². The van der Waals surface area contributed by atoms with E-state index in [2.05, 4.69) is 27.8 Å². The predicted octanol–water partition coefficient (Wildman–Crippen LogP) is 6.70. The molecule has 182 valence electrons. The maximum atomic E-state index is 13.7. The molecule has 2 aliphatic rings. The van der Waals surface area contributed by atoms with Gasteiger partial charge in [0.1, 0.15) is 5.82 Å². The largest absolute Gasteiger partial charge is 0.362 e. The van der Waals surface area contributed by atoms with Crippen LogP contribution in [0.3, 0.4) is 0 Å². The number of ketones is 1. The van der Waals surface area contributed by atoms with E-state index in [0.29, 0.717) is 51.1 Å². The summed E-state index contributed by atoms with van der Waals surface area (Å²) in [4.78, 5) is 31.8. The van der Waals surface area contributed by atoms with Crippen LogP contribution >= 0.6 is 23.2 Å². The van der Waals surface area contributed by atoms with Crippen molar-refractivity contribution in [3.8, 4) is 0 Å². The highest BCUT2D eigenvalue weighted by molar-refractivity contribution is 6.35. The van der Waals surface area contributed by atoms with E-state index in [1.807, 2.05) is 44.2 Å². The molecule has 2 atom stereocenters. The third kappa shape index (κ3) is 4.69. The van der Waals surface area contributed by atoms with Gasteiger partial charge in [-0.05, 0) is 61.6 Å². The number of benzene rings is 2. The van der Waals surface area contributed by atoms with Crippen molar-refractivity contribution < 1.29 is 9.59 Å². The topological polar surface area (TPSA) is 71.1 Å². The Morgan fingerprint density at radius 1 is 1.00 bits per heavy atom. The van der Waals surface area contributed by atoms with Crippen molar-refractivity contribution in [2.45, 2.75) is 38.5 Å². The lowest BCUT2D eigenvalue weighted by Gasteiger charge is -2.37. The number of allylic oxidation sites excluding steroid dienone is 3. The number of carbonyl (C=O) groups excluding carboxylic acids is 2. The van der Waals surface area contributed by atoms with E-state index < -0.39 is 5.92 Å². The number of Topliss-reactive ketones (excluding diaryl/α,β-unsaturated/α-hetero) is 1. The third-order valence-electron chi connectivity index (χ3n) is 6.75. The van der Waals surface area contributed by atoms with Crippen molar-refractivity contribution in [1.82, 2.24) is 10.3 Å². The first-order chi connectivity index (χ1) is 17.3. The fraction of sp³-hybridized carbons (Fsp3) is 0.207.